The molecule has 0 amide bonds. The number of nitrogens with zero attached hydrogens (tertiary/aromatic N) is 1. The van der Waals surface area contributed by atoms with Crippen LogP contribution in [-0.4, -0.2) is 12.1 Å². The molecule has 0 unspecified atom stereocenters. The van der Waals surface area contributed by atoms with Gasteiger partial charge < -0.3 is 4.74 Å². The Hall–Kier alpha value is -1.74. The normalized spacial score (nSPS) is 20.6. The highest BCUT2D eigenvalue weighted by molar-refractivity contribution is 5.59. The molecule has 0 radical (unpaired) electrons. The largest absolute Gasteiger partial charge is 0.380 e. The van der Waals surface area contributed by atoms with Crippen LogP contribution in [0, 0.1) is 11.7 Å². The van der Waals surface area contributed by atoms with Crippen molar-refractivity contribution in [3.05, 3.63) is 53.5 Å². The first-order valence-corrected chi connectivity index (χ1v) is 9.45. The molecule has 134 valence electrons. The van der Waals surface area contributed by atoms with E-state index < -0.39 is 0 Å². The second-order valence-corrected chi connectivity index (χ2v) is 7.22. The molecule has 25 heavy (non-hydrogen) atoms. The number of pyridine rings is 1. The Kier molecular flexibility index (Phi) is 6.19. The Labute approximate surface area is 150 Å². The Bertz CT molecular complexity index is 675. The number of hydrogen-bond donors (Lipinski definition) is 0. The molecule has 1 aliphatic rings. The highest BCUT2D eigenvalue weighted by Gasteiger charge is 2.22. The number of rotatable bonds is 6. The summed E-state index contributed by atoms with van der Waals surface area (Å²) in [5.74, 6) is 1.32. The fourth-order valence-electron chi connectivity index (χ4n) is 3.99. The van der Waals surface area contributed by atoms with Gasteiger partial charge in [-0.3, -0.25) is 4.98 Å². The molecule has 0 aliphatic heterocycles. The van der Waals surface area contributed by atoms with Gasteiger partial charge in [0, 0.05) is 24.4 Å². The van der Waals surface area contributed by atoms with Crippen molar-refractivity contribution in [3.8, 4) is 11.3 Å². The fraction of sp³-hybridized carbons (Fsp3) is 0.500. The molecule has 1 saturated carbocycles. The van der Waals surface area contributed by atoms with E-state index >= 15 is 0 Å². The molecule has 0 saturated heterocycles. The number of hydrogen-bond acceptors (Lipinski definition) is 2. The lowest BCUT2D eigenvalue weighted by molar-refractivity contribution is 0.181. The Morgan fingerprint density at radius 1 is 1.12 bits per heavy atom. The lowest BCUT2D eigenvalue weighted by Gasteiger charge is -2.28. The molecule has 1 heterocycles. The van der Waals surface area contributed by atoms with Crippen molar-refractivity contribution in [2.24, 2.45) is 5.92 Å². The van der Waals surface area contributed by atoms with E-state index in [1.165, 1.54) is 44.1 Å². The average molecular weight is 341 g/mol. The Morgan fingerprint density at radius 3 is 2.52 bits per heavy atom. The van der Waals surface area contributed by atoms with Crippen molar-refractivity contribution < 1.29 is 9.13 Å². The summed E-state index contributed by atoms with van der Waals surface area (Å²) in [5.41, 5.74) is 3.55. The van der Waals surface area contributed by atoms with Gasteiger partial charge in [0.1, 0.15) is 5.82 Å². The van der Waals surface area contributed by atoms with Crippen molar-refractivity contribution >= 4 is 0 Å². The summed E-state index contributed by atoms with van der Waals surface area (Å²) in [6, 6.07) is 9.44. The van der Waals surface area contributed by atoms with Gasteiger partial charge in [-0.05, 0) is 55.2 Å². The predicted octanol–water partition coefficient (Wildman–Crippen LogP) is 6.11. The zero-order valence-corrected chi connectivity index (χ0v) is 15.3. The van der Waals surface area contributed by atoms with Crippen LogP contribution in [0.5, 0.6) is 0 Å². The Balaban J connectivity index is 1.67. The smallest absolute Gasteiger partial charge is 0.129 e. The van der Waals surface area contributed by atoms with Crippen molar-refractivity contribution in [2.45, 2.75) is 58.0 Å². The zero-order valence-electron chi connectivity index (χ0n) is 15.3. The molecule has 0 bridgehead atoms. The Morgan fingerprint density at radius 2 is 1.92 bits per heavy atom. The highest BCUT2D eigenvalue weighted by atomic mass is 19.1. The number of methoxy groups -OCH3 is 1. The summed E-state index contributed by atoms with van der Waals surface area (Å²) in [7, 11) is 1.57. The molecule has 1 aromatic carbocycles. The van der Waals surface area contributed by atoms with Crippen LogP contribution < -0.4 is 0 Å². The van der Waals surface area contributed by atoms with E-state index in [0.29, 0.717) is 18.1 Å². The summed E-state index contributed by atoms with van der Waals surface area (Å²) in [6.45, 7) is 2.57. The SMILES string of the molecule is CCCC1CCC(c2ccc(-c3ccc(COC)c(F)c3)nc2)CC1. The minimum Gasteiger partial charge on any atom is -0.380 e. The van der Waals surface area contributed by atoms with E-state index in [1.54, 1.807) is 19.2 Å². The molecule has 1 fully saturated rings. The van der Waals surface area contributed by atoms with Gasteiger partial charge in [0.2, 0.25) is 0 Å². The first kappa shape index (κ1) is 18.1. The monoisotopic (exact) mass is 341 g/mol. The van der Waals surface area contributed by atoms with E-state index in [1.807, 2.05) is 18.3 Å². The van der Waals surface area contributed by atoms with Gasteiger partial charge in [-0.1, -0.05) is 38.0 Å². The van der Waals surface area contributed by atoms with Crippen LogP contribution in [0.3, 0.4) is 0 Å². The first-order valence-electron chi connectivity index (χ1n) is 9.45. The van der Waals surface area contributed by atoms with Crippen LogP contribution in [0.1, 0.15) is 62.5 Å². The lowest BCUT2D eigenvalue weighted by atomic mass is 9.77. The second kappa shape index (κ2) is 8.57. The van der Waals surface area contributed by atoms with Gasteiger partial charge in [-0.15, -0.1) is 0 Å². The van der Waals surface area contributed by atoms with Crippen LogP contribution >= 0.6 is 0 Å². The van der Waals surface area contributed by atoms with E-state index in [0.717, 1.165) is 17.2 Å². The highest BCUT2D eigenvalue weighted by Crippen LogP contribution is 2.37. The first-order chi connectivity index (χ1) is 12.2. The van der Waals surface area contributed by atoms with Crippen LogP contribution in [0.2, 0.25) is 0 Å². The molecule has 2 aromatic rings. The van der Waals surface area contributed by atoms with E-state index in [2.05, 4.69) is 18.0 Å². The molecule has 0 N–H and O–H groups in total. The minimum absolute atomic E-state index is 0.237. The van der Waals surface area contributed by atoms with Gasteiger partial charge in [-0.25, -0.2) is 4.39 Å². The van der Waals surface area contributed by atoms with Gasteiger partial charge in [0.05, 0.1) is 12.3 Å². The molecule has 2 nitrogen and oxygen atoms in total. The summed E-state index contributed by atoms with van der Waals surface area (Å²) in [5, 5.41) is 0. The summed E-state index contributed by atoms with van der Waals surface area (Å²) in [6.07, 6.45) is 9.87. The molecule has 3 rings (SSSR count). The van der Waals surface area contributed by atoms with Crippen LogP contribution in [0.4, 0.5) is 4.39 Å². The van der Waals surface area contributed by atoms with E-state index in [-0.39, 0.29) is 5.82 Å². The number of aromatic nitrogens is 1. The standard InChI is InChI=1S/C22H28FNO/c1-3-4-16-5-7-17(8-6-16)19-11-12-22(24-14-19)18-9-10-20(15-25-2)21(23)13-18/h9-14,16-17H,3-8,15H2,1-2H3. The van der Waals surface area contributed by atoms with Gasteiger partial charge >= 0.3 is 0 Å². The van der Waals surface area contributed by atoms with Crippen LogP contribution in [0.15, 0.2) is 36.5 Å². The third-order valence-electron chi connectivity index (χ3n) is 5.45. The van der Waals surface area contributed by atoms with Crippen LogP contribution in [0.25, 0.3) is 11.3 Å². The van der Waals surface area contributed by atoms with Crippen molar-refractivity contribution in [3.63, 3.8) is 0 Å². The molecule has 1 aromatic heterocycles. The van der Waals surface area contributed by atoms with Gasteiger partial charge in [0.15, 0.2) is 0 Å². The third kappa shape index (κ3) is 4.46. The molecule has 1 aliphatic carbocycles. The van der Waals surface area contributed by atoms with Crippen molar-refractivity contribution in [1.29, 1.82) is 0 Å². The molecule has 3 heteroatoms. The number of ether oxygens (including phenoxy) is 1. The predicted molar refractivity (Wildman–Crippen MR) is 100.0 cm³/mol. The van der Waals surface area contributed by atoms with Crippen LogP contribution in [-0.2, 0) is 11.3 Å². The summed E-state index contributed by atoms with van der Waals surface area (Å²) in [4.78, 5) is 4.60. The van der Waals surface area contributed by atoms with Gasteiger partial charge in [0.25, 0.3) is 0 Å². The van der Waals surface area contributed by atoms with Gasteiger partial charge in [-0.2, -0.15) is 0 Å². The van der Waals surface area contributed by atoms with E-state index in [4.69, 9.17) is 4.74 Å². The topological polar surface area (TPSA) is 22.1 Å². The second-order valence-electron chi connectivity index (χ2n) is 7.22. The lowest BCUT2D eigenvalue weighted by Crippen LogP contribution is -2.13. The van der Waals surface area contributed by atoms with E-state index in [9.17, 15) is 4.39 Å². The fourth-order valence-corrected chi connectivity index (χ4v) is 3.99. The van der Waals surface area contributed by atoms with Crippen molar-refractivity contribution in [2.75, 3.05) is 7.11 Å². The summed E-state index contributed by atoms with van der Waals surface area (Å²) < 4.78 is 19.1. The third-order valence-corrected chi connectivity index (χ3v) is 5.45. The summed E-state index contributed by atoms with van der Waals surface area (Å²) >= 11 is 0. The molecule has 0 atom stereocenters. The maximum atomic E-state index is 14.1. The quantitative estimate of drug-likeness (QED) is 0.632. The van der Waals surface area contributed by atoms with Crippen molar-refractivity contribution in [1.82, 2.24) is 4.98 Å². The zero-order chi connectivity index (χ0) is 17.6. The average Bonchev–Trinajstić information content (AvgIpc) is 2.65. The maximum Gasteiger partial charge on any atom is 0.129 e. The molecule has 0 spiro atoms. The molecular weight excluding hydrogens is 313 g/mol. The minimum atomic E-state index is -0.237. The number of benzene rings is 1. The maximum absolute atomic E-state index is 14.1. The molecular formula is C22H28FNO. The number of halogens is 1.